The minimum absolute atomic E-state index is 0.135. The standard InChI is InChI=1S/C20H32N2O4/c1-4-19(2,18(25)26-3)22-16(23)5-6-21-17(24)20-10-13-7-14(11-20)9-15(8-13)12-20/h13-15H,4-12H2,1-3H3,(H,21,24)(H,22,23). The van der Waals surface area contributed by atoms with E-state index in [0.717, 1.165) is 37.0 Å². The first-order chi connectivity index (χ1) is 12.3. The maximum Gasteiger partial charge on any atom is 0.331 e. The van der Waals surface area contributed by atoms with E-state index >= 15 is 0 Å². The van der Waals surface area contributed by atoms with Gasteiger partial charge >= 0.3 is 5.97 Å². The van der Waals surface area contributed by atoms with Gasteiger partial charge in [0.15, 0.2) is 0 Å². The SMILES string of the molecule is CCC(C)(NC(=O)CCNC(=O)C12CC3CC(CC(C3)C1)C2)C(=O)OC. The third-order valence-corrected chi connectivity index (χ3v) is 6.92. The van der Waals surface area contributed by atoms with E-state index in [2.05, 4.69) is 10.6 Å². The van der Waals surface area contributed by atoms with Crippen LogP contribution in [0, 0.1) is 23.2 Å². The zero-order chi connectivity index (χ0) is 18.9. The molecule has 0 spiro atoms. The lowest BCUT2D eigenvalue weighted by Gasteiger charge is -2.55. The molecule has 0 heterocycles. The van der Waals surface area contributed by atoms with Crippen LogP contribution in [0.1, 0.15) is 65.2 Å². The quantitative estimate of drug-likeness (QED) is 0.678. The summed E-state index contributed by atoms with van der Waals surface area (Å²) in [4.78, 5) is 36.9. The van der Waals surface area contributed by atoms with Gasteiger partial charge in [0.1, 0.15) is 5.54 Å². The molecule has 0 saturated heterocycles. The Balaban J connectivity index is 1.48. The van der Waals surface area contributed by atoms with E-state index < -0.39 is 11.5 Å². The van der Waals surface area contributed by atoms with Crippen LogP contribution in [-0.4, -0.2) is 37.0 Å². The van der Waals surface area contributed by atoms with Crippen molar-refractivity contribution in [3.05, 3.63) is 0 Å². The van der Waals surface area contributed by atoms with Crippen molar-refractivity contribution in [3.8, 4) is 0 Å². The zero-order valence-corrected chi connectivity index (χ0v) is 16.2. The number of amides is 2. The Morgan fingerprint density at radius 1 is 1.08 bits per heavy atom. The summed E-state index contributed by atoms with van der Waals surface area (Å²) < 4.78 is 4.76. The Kier molecular flexibility index (Phi) is 5.31. The van der Waals surface area contributed by atoms with Crippen LogP contribution < -0.4 is 10.6 Å². The van der Waals surface area contributed by atoms with Gasteiger partial charge in [0, 0.05) is 18.4 Å². The lowest BCUT2D eigenvalue weighted by atomic mass is 9.49. The van der Waals surface area contributed by atoms with Gasteiger partial charge in [-0.15, -0.1) is 0 Å². The number of ether oxygens (including phenoxy) is 1. The highest BCUT2D eigenvalue weighted by Gasteiger charge is 2.54. The largest absolute Gasteiger partial charge is 0.467 e. The highest BCUT2D eigenvalue weighted by Crippen LogP contribution is 2.60. The second kappa shape index (κ2) is 7.20. The maximum absolute atomic E-state index is 12.9. The molecule has 6 nitrogen and oxygen atoms in total. The number of hydrogen-bond acceptors (Lipinski definition) is 4. The molecule has 0 aromatic heterocycles. The van der Waals surface area contributed by atoms with Gasteiger partial charge in [0.05, 0.1) is 7.11 Å². The van der Waals surface area contributed by atoms with Crippen molar-refractivity contribution in [3.63, 3.8) is 0 Å². The summed E-state index contributed by atoms with van der Waals surface area (Å²) >= 11 is 0. The molecule has 1 unspecified atom stereocenters. The van der Waals surface area contributed by atoms with Crippen LogP contribution in [0.3, 0.4) is 0 Å². The molecule has 4 rings (SSSR count). The summed E-state index contributed by atoms with van der Waals surface area (Å²) in [6.45, 7) is 3.80. The van der Waals surface area contributed by atoms with Crippen molar-refractivity contribution in [2.24, 2.45) is 23.2 Å². The Labute approximate surface area is 155 Å². The number of carbonyl (C=O) groups excluding carboxylic acids is 3. The third kappa shape index (κ3) is 3.60. The Morgan fingerprint density at radius 3 is 2.08 bits per heavy atom. The van der Waals surface area contributed by atoms with Crippen LogP contribution in [0.2, 0.25) is 0 Å². The van der Waals surface area contributed by atoms with Crippen molar-refractivity contribution in [2.45, 2.75) is 70.8 Å². The fraction of sp³-hybridized carbons (Fsp3) is 0.850. The number of nitrogens with one attached hydrogen (secondary N) is 2. The second-order valence-corrected chi connectivity index (χ2v) is 8.93. The van der Waals surface area contributed by atoms with Crippen molar-refractivity contribution < 1.29 is 19.1 Å². The van der Waals surface area contributed by atoms with Crippen molar-refractivity contribution >= 4 is 17.8 Å². The summed E-state index contributed by atoms with van der Waals surface area (Å²) in [6.07, 6.45) is 7.60. The van der Waals surface area contributed by atoms with Crippen LogP contribution in [0.25, 0.3) is 0 Å². The molecule has 0 aromatic rings. The normalized spacial score (nSPS) is 34.0. The molecule has 1 atom stereocenters. The van der Waals surface area contributed by atoms with Gasteiger partial charge in [-0.05, 0) is 69.6 Å². The first-order valence-corrected chi connectivity index (χ1v) is 9.98. The smallest absolute Gasteiger partial charge is 0.331 e. The van der Waals surface area contributed by atoms with Gasteiger partial charge in [-0.1, -0.05) is 6.92 Å². The molecule has 0 aliphatic heterocycles. The van der Waals surface area contributed by atoms with E-state index in [1.54, 1.807) is 6.92 Å². The van der Waals surface area contributed by atoms with Crippen molar-refractivity contribution in [1.29, 1.82) is 0 Å². The summed E-state index contributed by atoms with van der Waals surface area (Å²) in [6, 6.07) is 0. The van der Waals surface area contributed by atoms with Crippen LogP contribution in [0.15, 0.2) is 0 Å². The molecule has 4 aliphatic rings. The van der Waals surface area contributed by atoms with Gasteiger partial charge in [-0.25, -0.2) is 4.79 Å². The minimum Gasteiger partial charge on any atom is -0.467 e. The highest BCUT2D eigenvalue weighted by atomic mass is 16.5. The Bertz CT molecular complexity index is 553. The van der Waals surface area contributed by atoms with Gasteiger partial charge in [-0.3, -0.25) is 9.59 Å². The second-order valence-electron chi connectivity index (χ2n) is 8.93. The van der Waals surface area contributed by atoms with E-state index in [0.29, 0.717) is 13.0 Å². The molecule has 4 saturated carbocycles. The molecule has 4 aliphatic carbocycles. The van der Waals surface area contributed by atoms with E-state index in [9.17, 15) is 14.4 Å². The van der Waals surface area contributed by atoms with Crippen LogP contribution in [0.5, 0.6) is 0 Å². The molecule has 0 aromatic carbocycles. The summed E-state index contributed by atoms with van der Waals surface area (Å²) in [7, 11) is 1.31. The number of methoxy groups -OCH3 is 1. The Hall–Kier alpha value is -1.59. The molecule has 146 valence electrons. The van der Waals surface area contributed by atoms with Crippen LogP contribution >= 0.6 is 0 Å². The minimum atomic E-state index is -1.02. The van der Waals surface area contributed by atoms with Gasteiger partial charge < -0.3 is 15.4 Å². The fourth-order valence-corrected chi connectivity index (χ4v) is 5.75. The topological polar surface area (TPSA) is 84.5 Å². The predicted octanol–water partition coefficient (Wildman–Crippen LogP) is 2.17. The Morgan fingerprint density at radius 2 is 1.62 bits per heavy atom. The van der Waals surface area contributed by atoms with Crippen LogP contribution in [-0.2, 0) is 19.1 Å². The lowest BCUT2D eigenvalue weighted by molar-refractivity contribution is -0.150. The molecule has 4 fully saturated rings. The first-order valence-electron chi connectivity index (χ1n) is 9.98. The molecule has 2 amide bonds. The number of carbonyl (C=O) groups is 3. The third-order valence-electron chi connectivity index (χ3n) is 6.92. The molecule has 0 radical (unpaired) electrons. The van der Waals surface area contributed by atoms with Crippen molar-refractivity contribution in [1.82, 2.24) is 10.6 Å². The van der Waals surface area contributed by atoms with E-state index in [1.807, 2.05) is 6.92 Å². The average Bonchev–Trinajstić information content (AvgIpc) is 2.59. The molecule has 6 heteroatoms. The molecule has 4 bridgehead atoms. The monoisotopic (exact) mass is 364 g/mol. The predicted molar refractivity (Wildman–Crippen MR) is 97.1 cm³/mol. The lowest BCUT2D eigenvalue weighted by Crippen LogP contribution is -2.54. The van der Waals surface area contributed by atoms with Crippen molar-refractivity contribution in [2.75, 3.05) is 13.7 Å². The number of rotatable bonds is 7. The van der Waals surface area contributed by atoms with Crippen LogP contribution in [0.4, 0.5) is 0 Å². The summed E-state index contributed by atoms with van der Waals surface area (Å²) in [5.41, 5.74) is -1.20. The summed E-state index contributed by atoms with van der Waals surface area (Å²) in [5.74, 6) is 1.61. The van der Waals surface area contributed by atoms with E-state index in [-0.39, 0.29) is 23.7 Å². The maximum atomic E-state index is 12.9. The summed E-state index contributed by atoms with van der Waals surface area (Å²) in [5, 5.41) is 5.74. The van der Waals surface area contributed by atoms with E-state index in [4.69, 9.17) is 4.74 Å². The highest BCUT2D eigenvalue weighted by molar-refractivity contribution is 5.88. The van der Waals surface area contributed by atoms with E-state index in [1.165, 1.54) is 26.4 Å². The average molecular weight is 364 g/mol. The molecular formula is C20H32N2O4. The van der Waals surface area contributed by atoms with Gasteiger partial charge in [0.25, 0.3) is 0 Å². The molecule has 2 N–H and O–H groups in total. The number of esters is 1. The fourth-order valence-electron chi connectivity index (χ4n) is 5.75. The molecule has 26 heavy (non-hydrogen) atoms. The van der Waals surface area contributed by atoms with Gasteiger partial charge in [0.2, 0.25) is 11.8 Å². The zero-order valence-electron chi connectivity index (χ0n) is 16.2. The number of hydrogen-bond donors (Lipinski definition) is 2. The molecular weight excluding hydrogens is 332 g/mol. The van der Waals surface area contributed by atoms with Gasteiger partial charge in [-0.2, -0.15) is 0 Å². The first kappa shape index (κ1) is 19.2.